The highest BCUT2D eigenvalue weighted by molar-refractivity contribution is 7.47. The molecule has 5 atom stereocenters. The van der Waals surface area contributed by atoms with E-state index in [2.05, 4.69) is 36.8 Å². The van der Waals surface area contributed by atoms with Crippen molar-refractivity contribution < 1.29 is 32.7 Å². The van der Waals surface area contributed by atoms with Crippen LogP contribution in [0.4, 0.5) is 10.3 Å². The first-order valence-electron chi connectivity index (χ1n) is 7.69. The van der Waals surface area contributed by atoms with Crippen LogP contribution >= 0.6 is 7.82 Å². The number of aliphatic hydroxyl groups excluding tert-OH is 1. The zero-order valence-electron chi connectivity index (χ0n) is 14.9. The molecule has 0 aliphatic carbocycles. The van der Waals surface area contributed by atoms with Gasteiger partial charge in [0.25, 0.3) is 5.56 Å². The largest absolute Gasteiger partial charge is 0.472 e. The number of nitrogens with one attached hydrogen (secondary N) is 1. The smallest absolute Gasteiger partial charge is 0.387 e. The van der Waals surface area contributed by atoms with E-state index < -0.39 is 44.1 Å². The van der Waals surface area contributed by atoms with E-state index in [0.29, 0.717) is 0 Å². The van der Waals surface area contributed by atoms with Gasteiger partial charge >= 0.3 is 7.82 Å². The molecule has 3 rings (SSSR count). The maximum Gasteiger partial charge on any atom is 0.472 e. The van der Waals surface area contributed by atoms with Gasteiger partial charge in [-0.15, -0.1) is 12.8 Å². The summed E-state index contributed by atoms with van der Waals surface area (Å²) >= 11 is 0. The number of terminal acetylenes is 1. The Morgan fingerprint density at radius 2 is 2.21 bits per heavy atom. The van der Waals surface area contributed by atoms with Crippen LogP contribution in [0.5, 0.6) is 0 Å². The van der Waals surface area contributed by atoms with Gasteiger partial charge in [0, 0.05) is 7.11 Å². The molecule has 1 aliphatic rings. The minimum absolute atomic E-state index is 0.0464. The van der Waals surface area contributed by atoms with Crippen LogP contribution in [-0.4, -0.2) is 61.6 Å². The number of nitrogen functional groups attached to an aromatic ring is 1. The molecule has 0 aromatic carbocycles. The lowest BCUT2D eigenvalue weighted by molar-refractivity contribution is -0.117. The van der Waals surface area contributed by atoms with Crippen molar-refractivity contribution in [2.75, 3.05) is 19.5 Å². The Morgan fingerprint density at radius 3 is 2.82 bits per heavy atom. The summed E-state index contributed by atoms with van der Waals surface area (Å²) in [6.07, 6.45) is 4.16. The monoisotopic (exact) mass is 419 g/mol. The van der Waals surface area contributed by atoms with Gasteiger partial charge in [-0.2, -0.15) is 4.98 Å². The first-order valence-corrected chi connectivity index (χ1v) is 9.18. The first kappa shape index (κ1) is 22.0. The molecule has 5 N–H and O–H groups in total. The van der Waals surface area contributed by atoms with Gasteiger partial charge < -0.3 is 20.5 Å². The van der Waals surface area contributed by atoms with Gasteiger partial charge in [0.05, 0.1) is 12.9 Å². The number of fused-ring (bicyclic) bond motifs is 1. The molecule has 1 aliphatic heterocycles. The molecule has 0 amide bonds. The summed E-state index contributed by atoms with van der Waals surface area (Å²) in [7, 11) is -3.37. The van der Waals surface area contributed by atoms with E-state index in [1.54, 1.807) is 0 Å². The lowest BCUT2D eigenvalue weighted by Gasteiger charge is -2.28. The predicted molar refractivity (Wildman–Crippen MR) is 94.7 cm³/mol. The summed E-state index contributed by atoms with van der Waals surface area (Å²) < 4.78 is 41.7. The fraction of sp³-hybridized carbons (Fsp3) is 0.500. The molecule has 1 fully saturated rings. The van der Waals surface area contributed by atoms with E-state index in [4.69, 9.17) is 10.5 Å². The van der Waals surface area contributed by atoms with E-state index in [1.807, 2.05) is 0 Å². The molecule has 2 aromatic rings. The molecule has 0 spiro atoms. The molecule has 2 aromatic heterocycles. The number of hydrogen-bond acceptors (Lipinski definition) is 9. The number of anilines is 1. The quantitative estimate of drug-likeness (QED) is 0.365. The lowest BCUT2D eigenvalue weighted by atomic mass is 10.1. The summed E-state index contributed by atoms with van der Waals surface area (Å²) in [5.41, 5.74) is 2.93. The van der Waals surface area contributed by atoms with Gasteiger partial charge in [-0.25, -0.2) is 13.9 Å². The number of nitrogens with zero attached hydrogens (tertiary/aromatic N) is 3. The zero-order valence-corrected chi connectivity index (χ0v) is 15.7. The Kier molecular flexibility index (Phi) is 6.24. The van der Waals surface area contributed by atoms with Crippen molar-refractivity contribution in [2.24, 2.45) is 0 Å². The average molecular weight is 419 g/mol. The SMILES string of the molecule is C#C.COP(=O)(O)OCC1O[C@@](C)(n2cnc3c(=O)[nH]c(N)nc32)[C@H](F)[C@@H]1O. The van der Waals surface area contributed by atoms with Crippen LogP contribution in [0.2, 0.25) is 0 Å². The van der Waals surface area contributed by atoms with E-state index >= 15 is 0 Å². The van der Waals surface area contributed by atoms with Gasteiger partial charge in [-0.3, -0.25) is 23.4 Å². The molecule has 12 nitrogen and oxygen atoms in total. The highest BCUT2D eigenvalue weighted by atomic mass is 31.2. The Hall–Kier alpha value is -2.33. The van der Waals surface area contributed by atoms with E-state index in [1.165, 1.54) is 6.92 Å². The molecule has 3 heterocycles. The first-order chi connectivity index (χ1) is 13.1. The number of phosphoric acid groups is 1. The van der Waals surface area contributed by atoms with Crippen molar-refractivity contribution in [3.63, 3.8) is 0 Å². The number of H-pyrrole nitrogens is 1. The summed E-state index contributed by atoms with van der Waals surface area (Å²) in [5, 5.41) is 10.1. The Balaban J connectivity index is 0.00000136. The van der Waals surface area contributed by atoms with Crippen molar-refractivity contribution >= 4 is 24.9 Å². The van der Waals surface area contributed by atoms with E-state index in [9.17, 15) is 23.7 Å². The topological polar surface area (TPSA) is 175 Å². The van der Waals surface area contributed by atoms with Gasteiger partial charge in [0.1, 0.15) is 12.2 Å². The molecular weight excluding hydrogens is 400 g/mol. The number of nitrogens with two attached hydrogens (primary N) is 1. The number of alkyl halides is 1. The highest BCUT2D eigenvalue weighted by Gasteiger charge is 2.55. The van der Waals surface area contributed by atoms with Crippen LogP contribution in [0.25, 0.3) is 11.2 Å². The molecule has 1 saturated heterocycles. The van der Waals surface area contributed by atoms with Crippen LogP contribution in [0.3, 0.4) is 0 Å². The summed E-state index contributed by atoms with van der Waals surface area (Å²) in [6, 6.07) is 0. The van der Waals surface area contributed by atoms with Crippen molar-refractivity contribution in [3.8, 4) is 12.8 Å². The Bertz CT molecular complexity index is 978. The highest BCUT2D eigenvalue weighted by Crippen LogP contribution is 2.44. The average Bonchev–Trinajstić information content (AvgIpc) is 3.18. The third-order valence-corrected chi connectivity index (χ3v) is 5.06. The predicted octanol–water partition coefficient (Wildman–Crippen LogP) is -0.515. The molecule has 154 valence electrons. The molecule has 14 heteroatoms. The van der Waals surface area contributed by atoms with Crippen LogP contribution in [0.1, 0.15) is 6.92 Å². The second-order valence-electron chi connectivity index (χ2n) is 5.79. The Labute approximate surface area is 158 Å². The summed E-state index contributed by atoms with van der Waals surface area (Å²) in [6.45, 7) is 0.692. The van der Waals surface area contributed by atoms with Crippen LogP contribution in [0, 0.1) is 12.8 Å². The van der Waals surface area contributed by atoms with Crippen molar-refractivity contribution in [1.82, 2.24) is 19.5 Å². The maximum absolute atomic E-state index is 14.8. The minimum Gasteiger partial charge on any atom is -0.387 e. The number of halogens is 1. The molecule has 28 heavy (non-hydrogen) atoms. The van der Waals surface area contributed by atoms with Crippen molar-refractivity contribution in [2.45, 2.75) is 31.0 Å². The van der Waals surface area contributed by atoms with Crippen LogP contribution in [-0.2, 0) is 24.1 Å². The normalized spacial score (nSPS) is 29.2. The minimum atomic E-state index is -4.33. The van der Waals surface area contributed by atoms with E-state index in [0.717, 1.165) is 18.0 Å². The van der Waals surface area contributed by atoms with Crippen molar-refractivity contribution in [3.05, 3.63) is 16.7 Å². The van der Waals surface area contributed by atoms with Crippen molar-refractivity contribution in [1.29, 1.82) is 0 Å². The number of aliphatic hydroxyl groups is 1. The van der Waals surface area contributed by atoms with Crippen LogP contribution in [0.15, 0.2) is 11.1 Å². The third kappa shape index (κ3) is 3.79. The Morgan fingerprint density at radius 1 is 1.57 bits per heavy atom. The van der Waals surface area contributed by atoms with Crippen LogP contribution < -0.4 is 11.3 Å². The number of ether oxygens (including phenoxy) is 1. The third-order valence-electron chi connectivity index (χ3n) is 4.12. The fourth-order valence-electron chi connectivity index (χ4n) is 2.74. The van der Waals surface area contributed by atoms with Gasteiger partial charge in [0.2, 0.25) is 5.95 Å². The van der Waals surface area contributed by atoms with E-state index in [-0.39, 0.29) is 17.1 Å². The zero-order chi connectivity index (χ0) is 21.3. The molecule has 0 saturated carbocycles. The van der Waals surface area contributed by atoms with Gasteiger partial charge in [0.15, 0.2) is 23.1 Å². The number of imidazole rings is 1. The number of phosphoric ester groups is 1. The molecule has 2 unspecified atom stereocenters. The summed E-state index contributed by atoms with van der Waals surface area (Å²) in [4.78, 5) is 31.2. The molecule has 0 radical (unpaired) electrons. The molecule has 0 bridgehead atoms. The fourth-order valence-corrected chi connectivity index (χ4v) is 3.18. The number of aromatic amines is 1. The number of aromatic nitrogens is 4. The van der Waals surface area contributed by atoms with Gasteiger partial charge in [-0.1, -0.05) is 0 Å². The maximum atomic E-state index is 14.8. The summed E-state index contributed by atoms with van der Waals surface area (Å²) in [5.74, 6) is -0.206. The lowest BCUT2D eigenvalue weighted by Crippen LogP contribution is -2.40. The standard InChI is InChI=1S/C12H17FN5O7P.C2H2/c1-12(18-4-15-6-9(18)16-11(14)17-10(6)20)8(13)7(19)5(25-12)3-24-26(21,22)23-2;1-2/h4-5,7-8,19H,3H2,1-2H3,(H,21,22)(H3,14,16,17,20);1-2H/t5?,7-,8-,12-;/m1./s1. The van der Waals surface area contributed by atoms with Gasteiger partial charge in [-0.05, 0) is 6.92 Å². The second-order valence-corrected chi connectivity index (χ2v) is 7.35. The number of hydrogen-bond donors (Lipinski definition) is 4. The molecular formula is C14H19FN5O7P. The second kappa shape index (κ2) is 7.96. The number of rotatable bonds is 5.